The molecule has 0 atom stereocenters. The molecule has 0 spiro atoms. The Bertz CT molecular complexity index is 1170. The number of ether oxygens (including phenoxy) is 1. The predicted molar refractivity (Wildman–Crippen MR) is 107 cm³/mol. The zero-order chi connectivity index (χ0) is 18.8. The van der Waals surface area contributed by atoms with Crippen molar-refractivity contribution < 1.29 is 13.9 Å². The first-order valence-corrected chi connectivity index (χ1v) is 8.55. The third-order valence-corrected chi connectivity index (χ3v) is 4.46. The van der Waals surface area contributed by atoms with Crippen LogP contribution in [0.1, 0.15) is 21.7 Å². The summed E-state index contributed by atoms with van der Waals surface area (Å²) >= 11 is 0. The van der Waals surface area contributed by atoms with Crippen molar-refractivity contribution in [1.82, 2.24) is 5.43 Å². The molecular weight excluding hydrogens is 340 g/mol. The van der Waals surface area contributed by atoms with Crippen LogP contribution in [-0.4, -0.2) is 19.2 Å². The molecule has 5 heteroatoms. The summed E-state index contributed by atoms with van der Waals surface area (Å²) in [4.78, 5) is 12.4. The summed E-state index contributed by atoms with van der Waals surface area (Å²) in [5.41, 5.74) is 5.04. The van der Waals surface area contributed by atoms with Gasteiger partial charge in [-0.15, -0.1) is 0 Å². The second-order valence-corrected chi connectivity index (χ2v) is 6.24. The highest BCUT2D eigenvalue weighted by Crippen LogP contribution is 2.28. The Morgan fingerprint density at radius 3 is 2.78 bits per heavy atom. The number of carbonyl (C=O) groups excluding carboxylic acids is 1. The lowest BCUT2D eigenvalue weighted by molar-refractivity contribution is 0.0929. The zero-order valence-corrected chi connectivity index (χ0v) is 15.0. The zero-order valence-electron chi connectivity index (χ0n) is 15.0. The fourth-order valence-electron chi connectivity index (χ4n) is 3.04. The van der Waals surface area contributed by atoms with Crippen molar-refractivity contribution in [2.75, 3.05) is 7.11 Å². The molecule has 3 aromatic carbocycles. The molecule has 0 bridgehead atoms. The number of fused-ring (bicyclic) bond motifs is 3. The SMILES string of the molecule is COc1cc(C=NNC(=O)c2cc3c(ccc4ccccc43)o2)ccc1C. The quantitative estimate of drug-likeness (QED) is 0.426. The van der Waals surface area contributed by atoms with Crippen LogP contribution >= 0.6 is 0 Å². The minimum absolute atomic E-state index is 0.222. The number of furan rings is 1. The molecule has 4 rings (SSSR count). The highest BCUT2D eigenvalue weighted by molar-refractivity contribution is 6.08. The Morgan fingerprint density at radius 2 is 1.93 bits per heavy atom. The van der Waals surface area contributed by atoms with E-state index < -0.39 is 5.91 Å². The summed E-state index contributed by atoms with van der Waals surface area (Å²) in [6.07, 6.45) is 1.57. The van der Waals surface area contributed by atoms with E-state index in [0.29, 0.717) is 5.58 Å². The number of aryl methyl sites for hydroxylation is 1. The number of hydrogen-bond donors (Lipinski definition) is 1. The van der Waals surface area contributed by atoms with E-state index in [-0.39, 0.29) is 5.76 Å². The van der Waals surface area contributed by atoms with E-state index in [9.17, 15) is 4.79 Å². The summed E-state index contributed by atoms with van der Waals surface area (Å²) in [6.45, 7) is 1.97. The second-order valence-electron chi connectivity index (χ2n) is 6.24. The lowest BCUT2D eigenvalue weighted by atomic mass is 10.1. The maximum atomic E-state index is 12.4. The molecule has 0 radical (unpaired) electrons. The molecule has 1 aromatic heterocycles. The van der Waals surface area contributed by atoms with Crippen molar-refractivity contribution in [2.24, 2.45) is 5.10 Å². The summed E-state index contributed by atoms with van der Waals surface area (Å²) in [5.74, 6) is 0.597. The van der Waals surface area contributed by atoms with Crippen LogP contribution in [-0.2, 0) is 0 Å². The summed E-state index contributed by atoms with van der Waals surface area (Å²) in [6, 6.07) is 19.3. The first kappa shape index (κ1) is 16.8. The number of hydrogen-bond acceptors (Lipinski definition) is 4. The molecule has 0 unspecified atom stereocenters. The number of nitrogens with one attached hydrogen (secondary N) is 1. The number of hydrazone groups is 1. The van der Waals surface area contributed by atoms with Gasteiger partial charge >= 0.3 is 5.91 Å². The normalized spacial score (nSPS) is 11.3. The van der Waals surface area contributed by atoms with E-state index in [4.69, 9.17) is 9.15 Å². The Balaban J connectivity index is 1.55. The van der Waals surface area contributed by atoms with Crippen LogP contribution in [0, 0.1) is 6.92 Å². The minimum Gasteiger partial charge on any atom is -0.496 e. The van der Waals surface area contributed by atoms with Crippen LogP contribution in [0.25, 0.3) is 21.7 Å². The Kier molecular flexibility index (Phi) is 4.34. The average molecular weight is 358 g/mol. The van der Waals surface area contributed by atoms with E-state index in [1.54, 1.807) is 19.4 Å². The van der Waals surface area contributed by atoms with Gasteiger partial charge in [0.15, 0.2) is 5.76 Å². The lowest BCUT2D eigenvalue weighted by Gasteiger charge is -2.04. The number of rotatable bonds is 4. The van der Waals surface area contributed by atoms with Gasteiger partial charge in [0.25, 0.3) is 0 Å². The maximum absolute atomic E-state index is 12.4. The van der Waals surface area contributed by atoms with Gasteiger partial charge in [-0.05, 0) is 47.0 Å². The Hall–Kier alpha value is -3.60. The minimum atomic E-state index is -0.398. The van der Waals surface area contributed by atoms with E-state index in [0.717, 1.165) is 33.0 Å². The van der Waals surface area contributed by atoms with Crippen LogP contribution < -0.4 is 10.2 Å². The van der Waals surface area contributed by atoms with E-state index >= 15 is 0 Å². The molecule has 5 nitrogen and oxygen atoms in total. The maximum Gasteiger partial charge on any atom is 0.307 e. The van der Waals surface area contributed by atoms with Crippen molar-refractivity contribution >= 4 is 33.9 Å². The van der Waals surface area contributed by atoms with Gasteiger partial charge in [0.05, 0.1) is 13.3 Å². The van der Waals surface area contributed by atoms with Gasteiger partial charge in [0.2, 0.25) is 0 Å². The first-order valence-electron chi connectivity index (χ1n) is 8.55. The van der Waals surface area contributed by atoms with Crippen LogP contribution in [0.3, 0.4) is 0 Å². The molecule has 0 fully saturated rings. The van der Waals surface area contributed by atoms with E-state index in [2.05, 4.69) is 10.5 Å². The monoisotopic (exact) mass is 358 g/mol. The number of carbonyl (C=O) groups is 1. The van der Waals surface area contributed by atoms with Crippen molar-refractivity contribution in [2.45, 2.75) is 6.92 Å². The smallest absolute Gasteiger partial charge is 0.307 e. The molecule has 1 N–H and O–H groups in total. The molecule has 0 saturated carbocycles. The van der Waals surface area contributed by atoms with Gasteiger partial charge in [-0.25, -0.2) is 5.43 Å². The van der Waals surface area contributed by atoms with E-state index in [1.165, 1.54) is 0 Å². The van der Waals surface area contributed by atoms with Gasteiger partial charge in [0.1, 0.15) is 11.3 Å². The largest absolute Gasteiger partial charge is 0.496 e. The van der Waals surface area contributed by atoms with Crippen LogP contribution in [0.5, 0.6) is 5.75 Å². The highest BCUT2D eigenvalue weighted by Gasteiger charge is 2.13. The molecule has 134 valence electrons. The highest BCUT2D eigenvalue weighted by atomic mass is 16.5. The van der Waals surface area contributed by atoms with Crippen LogP contribution in [0.15, 0.2) is 70.2 Å². The van der Waals surface area contributed by atoms with Crippen molar-refractivity contribution in [1.29, 1.82) is 0 Å². The molecular formula is C22H18N2O3. The fourth-order valence-corrected chi connectivity index (χ4v) is 3.04. The van der Waals surface area contributed by atoms with Gasteiger partial charge in [-0.2, -0.15) is 5.10 Å². The van der Waals surface area contributed by atoms with Gasteiger partial charge in [-0.1, -0.05) is 42.5 Å². The number of amides is 1. The summed E-state index contributed by atoms with van der Waals surface area (Å²) < 4.78 is 11.0. The topological polar surface area (TPSA) is 63.8 Å². The lowest BCUT2D eigenvalue weighted by Crippen LogP contribution is -2.16. The number of methoxy groups -OCH3 is 1. The standard InChI is InChI=1S/C22H18N2O3/c1-14-7-8-15(11-20(14)26-2)13-23-24-22(25)21-12-18-17-6-4-3-5-16(17)9-10-19(18)27-21/h3-13H,1-2H3,(H,24,25). The third-order valence-electron chi connectivity index (χ3n) is 4.46. The van der Waals surface area contributed by atoms with E-state index in [1.807, 2.05) is 61.5 Å². The van der Waals surface area contributed by atoms with Gasteiger partial charge < -0.3 is 9.15 Å². The fraction of sp³-hybridized carbons (Fsp3) is 0.0909. The Morgan fingerprint density at radius 1 is 1.07 bits per heavy atom. The van der Waals surface area contributed by atoms with Crippen LogP contribution in [0.4, 0.5) is 0 Å². The predicted octanol–water partition coefficient (Wildman–Crippen LogP) is 4.67. The molecule has 1 heterocycles. The van der Waals surface area contributed by atoms with Crippen LogP contribution in [0.2, 0.25) is 0 Å². The molecule has 4 aromatic rings. The van der Waals surface area contributed by atoms with Crippen molar-refractivity contribution in [3.05, 3.63) is 77.6 Å². The molecule has 27 heavy (non-hydrogen) atoms. The van der Waals surface area contributed by atoms with Gasteiger partial charge in [0, 0.05) is 5.39 Å². The first-order chi connectivity index (χ1) is 13.2. The molecule has 0 saturated heterocycles. The second kappa shape index (κ2) is 6.96. The summed E-state index contributed by atoms with van der Waals surface area (Å²) in [5, 5.41) is 7.07. The third kappa shape index (κ3) is 3.27. The molecule has 0 aliphatic carbocycles. The average Bonchev–Trinajstić information content (AvgIpc) is 3.14. The van der Waals surface area contributed by atoms with Crippen molar-refractivity contribution in [3.8, 4) is 5.75 Å². The molecule has 0 aliphatic heterocycles. The van der Waals surface area contributed by atoms with Crippen molar-refractivity contribution in [3.63, 3.8) is 0 Å². The number of nitrogens with zero attached hydrogens (tertiary/aromatic N) is 1. The summed E-state index contributed by atoms with van der Waals surface area (Å²) in [7, 11) is 1.62. The van der Waals surface area contributed by atoms with Gasteiger partial charge in [-0.3, -0.25) is 4.79 Å². The Labute approximate surface area is 156 Å². The number of benzene rings is 3. The molecule has 0 aliphatic rings. The molecule has 1 amide bonds.